The molecule has 2 rings (SSSR count). The Bertz CT molecular complexity index is 238. The Morgan fingerprint density at radius 3 is 2.76 bits per heavy atom. The monoisotopic (exact) mass is 240 g/mol. The van der Waals surface area contributed by atoms with Crippen molar-refractivity contribution in [1.29, 1.82) is 0 Å². The standard InChI is InChI=1S/C14H28N2O/c1-14(2)7-3-8-16(11-14)9-6-13(10-17)15-12-4-5-12/h12-13,15,17H,3-11H2,1-2H3. The molecule has 100 valence electrons. The molecule has 1 aliphatic heterocycles. The van der Waals surface area contributed by atoms with Crippen molar-refractivity contribution >= 4 is 0 Å². The Hall–Kier alpha value is -0.120. The molecule has 1 saturated heterocycles. The van der Waals surface area contributed by atoms with Crippen molar-refractivity contribution in [3.63, 3.8) is 0 Å². The summed E-state index contributed by atoms with van der Waals surface area (Å²) in [5, 5.41) is 12.9. The third-order valence-corrected chi connectivity index (χ3v) is 4.04. The van der Waals surface area contributed by atoms with E-state index in [0.29, 0.717) is 17.5 Å². The maximum atomic E-state index is 9.35. The van der Waals surface area contributed by atoms with Gasteiger partial charge in [0.05, 0.1) is 6.61 Å². The summed E-state index contributed by atoms with van der Waals surface area (Å²) in [6.45, 7) is 8.61. The van der Waals surface area contributed by atoms with Crippen LogP contribution in [0.2, 0.25) is 0 Å². The van der Waals surface area contributed by atoms with Gasteiger partial charge in [-0.1, -0.05) is 13.8 Å². The molecule has 0 radical (unpaired) electrons. The van der Waals surface area contributed by atoms with E-state index in [2.05, 4.69) is 24.1 Å². The van der Waals surface area contributed by atoms with Gasteiger partial charge < -0.3 is 15.3 Å². The van der Waals surface area contributed by atoms with Gasteiger partial charge in [-0.2, -0.15) is 0 Å². The van der Waals surface area contributed by atoms with E-state index in [-0.39, 0.29) is 6.61 Å². The smallest absolute Gasteiger partial charge is 0.0585 e. The molecule has 0 aromatic heterocycles. The minimum absolute atomic E-state index is 0.285. The number of likely N-dealkylation sites (tertiary alicyclic amines) is 1. The zero-order chi connectivity index (χ0) is 12.3. The van der Waals surface area contributed by atoms with E-state index in [9.17, 15) is 5.11 Å². The van der Waals surface area contributed by atoms with Gasteiger partial charge in [-0.25, -0.2) is 0 Å². The number of piperidine rings is 1. The number of aliphatic hydroxyl groups excluding tert-OH is 1. The number of nitrogens with one attached hydrogen (secondary N) is 1. The van der Waals surface area contributed by atoms with Crippen molar-refractivity contribution in [2.45, 2.75) is 58.0 Å². The van der Waals surface area contributed by atoms with Crippen LogP contribution in [0.5, 0.6) is 0 Å². The van der Waals surface area contributed by atoms with Crippen LogP contribution in [-0.4, -0.2) is 48.3 Å². The molecule has 17 heavy (non-hydrogen) atoms. The van der Waals surface area contributed by atoms with Crippen LogP contribution in [0, 0.1) is 5.41 Å². The van der Waals surface area contributed by atoms with Crippen LogP contribution in [0.25, 0.3) is 0 Å². The second-order valence-electron chi connectivity index (χ2n) is 6.65. The van der Waals surface area contributed by atoms with Crippen LogP contribution in [0.1, 0.15) is 46.0 Å². The average molecular weight is 240 g/mol. The first-order valence-corrected chi connectivity index (χ1v) is 7.18. The van der Waals surface area contributed by atoms with Gasteiger partial charge in [0.25, 0.3) is 0 Å². The lowest BCUT2D eigenvalue weighted by atomic mass is 9.84. The molecule has 0 aromatic rings. The van der Waals surface area contributed by atoms with Crippen molar-refractivity contribution in [2.24, 2.45) is 5.41 Å². The van der Waals surface area contributed by atoms with Crippen LogP contribution in [0.4, 0.5) is 0 Å². The van der Waals surface area contributed by atoms with E-state index < -0.39 is 0 Å². The van der Waals surface area contributed by atoms with Crippen molar-refractivity contribution in [2.75, 3.05) is 26.2 Å². The molecule has 2 fully saturated rings. The summed E-state index contributed by atoms with van der Waals surface area (Å²) in [5.41, 5.74) is 0.483. The molecule has 2 N–H and O–H groups in total. The molecule has 1 atom stereocenters. The third kappa shape index (κ3) is 4.57. The molecular formula is C14H28N2O. The first-order chi connectivity index (χ1) is 8.09. The van der Waals surface area contributed by atoms with E-state index >= 15 is 0 Å². The third-order valence-electron chi connectivity index (χ3n) is 4.04. The summed E-state index contributed by atoms with van der Waals surface area (Å²) in [6.07, 6.45) is 6.36. The van der Waals surface area contributed by atoms with E-state index in [1.165, 1.54) is 38.8 Å². The summed E-state index contributed by atoms with van der Waals surface area (Å²) in [5.74, 6) is 0. The van der Waals surface area contributed by atoms with Gasteiger partial charge in [-0.05, 0) is 50.6 Å². The maximum Gasteiger partial charge on any atom is 0.0585 e. The normalized spacial score (nSPS) is 27.0. The van der Waals surface area contributed by atoms with E-state index in [4.69, 9.17) is 0 Å². The largest absolute Gasteiger partial charge is 0.395 e. The van der Waals surface area contributed by atoms with Crippen molar-refractivity contribution in [3.05, 3.63) is 0 Å². The summed E-state index contributed by atoms with van der Waals surface area (Å²) in [4.78, 5) is 2.57. The van der Waals surface area contributed by atoms with E-state index in [1.807, 2.05) is 0 Å². The highest BCUT2D eigenvalue weighted by Crippen LogP contribution is 2.28. The quantitative estimate of drug-likeness (QED) is 0.740. The topological polar surface area (TPSA) is 35.5 Å². The Morgan fingerprint density at radius 1 is 1.41 bits per heavy atom. The molecule has 0 amide bonds. The summed E-state index contributed by atoms with van der Waals surface area (Å²) in [7, 11) is 0. The Balaban J connectivity index is 1.68. The zero-order valence-electron chi connectivity index (χ0n) is 11.4. The lowest BCUT2D eigenvalue weighted by molar-refractivity contribution is 0.109. The van der Waals surface area contributed by atoms with Gasteiger partial charge in [0.1, 0.15) is 0 Å². The molecule has 1 heterocycles. The SMILES string of the molecule is CC1(C)CCCN(CCC(CO)NC2CC2)C1. The molecule has 0 aromatic carbocycles. The minimum atomic E-state index is 0.285. The Morgan fingerprint density at radius 2 is 2.18 bits per heavy atom. The molecule has 1 aliphatic carbocycles. The van der Waals surface area contributed by atoms with E-state index in [0.717, 1.165) is 13.0 Å². The fraction of sp³-hybridized carbons (Fsp3) is 1.00. The van der Waals surface area contributed by atoms with Gasteiger partial charge >= 0.3 is 0 Å². The van der Waals surface area contributed by atoms with Crippen LogP contribution in [-0.2, 0) is 0 Å². The van der Waals surface area contributed by atoms with Gasteiger partial charge in [-0.3, -0.25) is 0 Å². The molecule has 3 heteroatoms. The predicted molar refractivity (Wildman–Crippen MR) is 71.1 cm³/mol. The Labute approximate surface area is 106 Å². The number of aliphatic hydroxyl groups is 1. The lowest BCUT2D eigenvalue weighted by Crippen LogP contribution is -2.43. The highest BCUT2D eigenvalue weighted by atomic mass is 16.3. The fourth-order valence-electron chi connectivity index (χ4n) is 2.88. The highest BCUT2D eigenvalue weighted by Gasteiger charge is 2.27. The van der Waals surface area contributed by atoms with E-state index in [1.54, 1.807) is 0 Å². The van der Waals surface area contributed by atoms with Crippen molar-refractivity contribution in [1.82, 2.24) is 10.2 Å². The summed E-state index contributed by atoms with van der Waals surface area (Å²) in [6, 6.07) is 1.01. The molecule has 2 aliphatic rings. The van der Waals surface area contributed by atoms with Crippen LogP contribution >= 0.6 is 0 Å². The van der Waals surface area contributed by atoms with Crippen LogP contribution in [0.3, 0.4) is 0 Å². The van der Waals surface area contributed by atoms with Gasteiger partial charge in [0, 0.05) is 18.6 Å². The van der Waals surface area contributed by atoms with Gasteiger partial charge in [0.15, 0.2) is 0 Å². The second kappa shape index (κ2) is 5.68. The second-order valence-corrected chi connectivity index (χ2v) is 6.65. The zero-order valence-corrected chi connectivity index (χ0v) is 11.4. The predicted octanol–water partition coefficient (Wildman–Crippen LogP) is 1.61. The first kappa shape index (κ1) is 13.3. The molecule has 1 unspecified atom stereocenters. The maximum absolute atomic E-state index is 9.35. The molecular weight excluding hydrogens is 212 g/mol. The summed E-state index contributed by atoms with van der Waals surface area (Å²) < 4.78 is 0. The Kier molecular flexibility index (Phi) is 4.45. The number of hydrogen-bond acceptors (Lipinski definition) is 3. The fourth-order valence-corrected chi connectivity index (χ4v) is 2.88. The molecule has 0 spiro atoms. The number of nitrogens with zero attached hydrogens (tertiary/aromatic N) is 1. The lowest BCUT2D eigenvalue weighted by Gasteiger charge is -2.38. The average Bonchev–Trinajstić information content (AvgIpc) is 3.06. The molecule has 1 saturated carbocycles. The highest BCUT2D eigenvalue weighted by molar-refractivity contribution is 4.86. The van der Waals surface area contributed by atoms with Crippen LogP contribution in [0.15, 0.2) is 0 Å². The molecule has 0 bridgehead atoms. The molecule has 3 nitrogen and oxygen atoms in total. The van der Waals surface area contributed by atoms with Crippen LogP contribution < -0.4 is 5.32 Å². The number of hydrogen-bond donors (Lipinski definition) is 2. The minimum Gasteiger partial charge on any atom is -0.395 e. The van der Waals surface area contributed by atoms with Crippen molar-refractivity contribution < 1.29 is 5.11 Å². The van der Waals surface area contributed by atoms with Gasteiger partial charge in [-0.15, -0.1) is 0 Å². The van der Waals surface area contributed by atoms with Gasteiger partial charge in [0.2, 0.25) is 0 Å². The number of rotatable bonds is 6. The summed E-state index contributed by atoms with van der Waals surface area (Å²) >= 11 is 0. The first-order valence-electron chi connectivity index (χ1n) is 7.18. The van der Waals surface area contributed by atoms with Crippen molar-refractivity contribution in [3.8, 4) is 0 Å².